The van der Waals surface area contributed by atoms with Crippen molar-refractivity contribution in [2.24, 2.45) is 0 Å². The number of carboxylic acids is 1. The lowest BCUT2D eigenvalue weighted by atomic mass is 10.3. The zero-order valence-electron chi connectivity index (χ0n) is 9.91. The van der Waals surface area contributed by atoms with Gasteiger partial charge in [-0.15, -0.1) is 0 Å². The molecule has 1 aliphatic rings. The topological polar surface area (TPSA) is 87.7 Å². The van der Waals surface area contributed by atoms with Crippen LogP contribution in [-0.2, 0) is 9.53 Å². The summed E-state index contributed by atoms with van der Waals surface area (Å²) in [5, 5.41) is 13.8. The Morgan fingerprint density at radius 1 is 1.47 bits per heavy atom. The molecule has 0 saturated heterocycles. The molecule has 0 aromatic rings. The van der Waals surface area contributed by atoms with E-state index >= 15 is 0 Å². The highest BCUT2D eigenvalue weighted by atomic mass is 16.5. The molecule has 0 aromatic carbocycles. The van der Waals surface area contributed by atoms with Crippen LogP contribution in [0.25, 0.3) is 0 Å². The average Bonchev–Trinajstić information content (AvgIpc) is 2.97. The Bertz CT molecular complexity index is 323. The van der Waals surface area contributed by atoms with Gasteiger partial charge in [0.1, 0.15) is 5.54 Å². The number of ether oxygens (including phenoxy) is 1. The standard InChI is InChI=1S/C11H18N2O4/c1-8(2)7-17-6-5-12-10(16)13-11(3-4-11)9(14)15/h1,3-7H2,2H3,(H,14,15)(H2,12,13,16). The Kier molecular flexibility index (Phi) is 4.51. The highest BCUT2D eigenvalue weighted by Crippen LogP contribution is 2.35. The van der Waals surface area contributed by atoms with Gasteiger partial charge < -0.3 is 20.5 Å². The first-order valence-electron chi connectivity index (χ1n) is 5.48. The fourth-order valence-corrected chi connectivity index (χ4v) is 1.26. The van der Waals surface area contributed by atoms with Gasteiger partial charge in [-0.3, -0.25) is 0 Å². The van der Waals surface area contributed by atoms with Crippen LogP contribution in [0.15, 0.2) is 12.2 Å². The van der Waals surface area contributed by atoms with E-state index in [9.17, 15) is 9.59 Å². The van der Waals surface area contributed by atoms with Crippen LogP contribution in [0.4, 0.5) is 4.79 Å². The summed E-state index contributed by atoms with van der Waals surface area (Å²) >= 11 is 0. The van der Waals surface area contributed by atoms with Crippen LogP contribution >= 0.6 is 0 Å². The molecule has 0 heterocycles. The molecular weight excluding hydrogens is 224 g/mol. The number of rotatable bonds is 7. The molecule has 1 aliphatic carbocycles. The molecule has 6 nitrogen and oxygen atoms in total. The first kappa shape index (κ1) is 13.5. The number of carbonyl (C=O) groups is 2. The third-order valence-electron chi connectivity index (χ3n) is 2.39. The van der Waals surface area contributed by atoms with Gasteiger partial charge in [0.15, 0.2) is 0 Å². The van der Waals surface area contributed by atoms with Crippen molar-refractivity contribution in [2.45, 2.75) is 25.3 Å². The quantitative estimate of drug-likeness (QED) is 0.448. The van der Waals surface area contributed by atoms with E-state index in [0.29, 0.717) is 32.6 Å². The predicted octanol–water partition coefficient (Wildman–Crippen LogP) is 0.496. The summed E-state index contributed by atoms with van der Waals surface area (Å²) in [5.74, 6) is -0.980. The molecule has 0 bridgehead atoms. The van der Waals surface area contributed by atoms with Crippen LogP contribution in [0.5, 0.6) is 0 Å². The van der Waals surface area contributed by atoms with Crippen molar-refractivity contribution in [1.29, 1.82) is 0 Å². The maximum atomic E-state index is 11.3. The second kappa shape index (κ2) is 5.67. The highest BCUT2D eigenvalue weighted by Gasteiger charge is 2.51. The summed E-state index contributed by atoms with van der Waals surface area (Å²) in [5.41, 5.74) is -0.125. The minimum Gasteiger partial charge on any atom is -0.480 e. The summed E-state index contributed by atoms with van der Waals surface area (Å²) in [7, 11) is 0. The Morgan fingerprint density at radius 3 is 2.59 bits per heavy atom. The molecule has 0 aliphatic heterocycles. The van der Waals surface area contributed by atoms with Crippen molar-refractivity contribution < 1.29 is 19.4 Å². The lowest BCUT2D eigenvalue weighted by molar-refractivity contribution is -0.140. The number of carboxylic acid groups (broad SMARTS) is 1. The van der Waals surface area contributed by atoms with Gasteiger partial charge in [-0.2, -0.15) is 0 Å². The van der Waals surface area contributed by atoms with Crippen LogP contribution in [0.3, 0.4) is 0 Å². The third kappa shape index (κ3) is 4.44. The van der Waals surface area contributed by atoms with Crippen molar-refractivity contribution in [2.75, 3.05) is 19.8 Å². The van der Waals surface area contributed by atoms with Crippen LogP contribution in [0.1, 0.15) is 19.8 Å². The molecule has 0 spiro atoms. The van der Waals surface area contributed by atoms with Crippen molar-refractivity contribution >= 4 is 12.0 Å². The van der Waals surface area contributed by atoms with E-state index in [0.717, 1.165) is 5.57 Å². The Morgan fingerprint density at radius 2 is 2.12 bits per heavy atom. The molecule has 0 aromatic heterocycles. The summed E-state index contributed by atoms with van der Waals surface area (Å²) in [4.78, 5) is 22.1. The number of aliphatic carboxylic acids is 1. The van der Waals surface area contributed by atoms with Gasteiger partial charge in [0.2, 0.25) is 0 Å². The van der Waals surface area contributed by atoms with Gasteiger partial charge in [-0.25, -0.2) is 9.59 Å². The van der Waals surface area contributed by atoms with E-state index in [4.69, 9.17) is 9.84 Å². The fraction of sp³-hybridized carbons (Fsp3) is 0.636. The normalized spacial score (nSPS) is 16.1. The van der Waals surface area contributed by atoms with Crippen LogP contribution < -0.4 is 10.6 Å². The highest BCUT2D eigenvalue weighted by molar-refractivity contribution is 5.88. The van der Waals surface area contributed by atoms with E-state index in [-0.39, 0.29) is 0 Å². The largest absolute Gasteiger partial charge is 0.480 e. The molecule has 0 atom stereocenters. The van der Waals surface area contributed by atoms with Crippen LogP contribution in [0, 0.1) is 0 Å². The number of hydrogen-bond acceptors (Lipinski definition) is 3. The minimum atomic E-state index is -1.04. The zero-order chi connectivity index (χ0) is 12.9. The number of urea groups is 1. The molecule has 17 heavy (non-hydrogen) atoms. The summed E-state index contributed by atoms with van der Waals surface area (Å²) < 4.78 is 5.18. The van der Waals surface area contributed by atoms with E-state index in [2.05, 4.69) is 17.2 Å². The first-order valence-corrected chi connectivity index (χ1v) is 5.48. The van der Waals surface area contributed by atoms with Gasteiger partial charge in [-0.05, 0) is 19.8 Å². The first-order chi connectivity index (χ1) is 7.96. The summed E-state index contributed by atoms with van der Waals surface area (Å²) in [6.07, 6.45) is 0.976. The van der Waals surface area contributed by atoms with Crippen molar-refractivity contribution in [1.82, 2.24) is 10.6 Å². The number of hydrogen-bond donors (Lipinski definition) is 3. The third-order valence-corrected chi connectivity index (χ3v) is 2.39. The molecule has 0 unspecified atom stereocenters. The number of nitrogens with one attached hydrogen (secondary N) is 2. The maximum Gasteiger partial charge on any atom is 0.329 e. The van der Waals surface area contributed by atoms with E-state index in [1.54, 1.807) is 0 Å². The van der Waals surface area contributed by atoms with Gasteiger partial charge in [-0.1, -0.05) is 12.2 Å². The monoisotopic (exact) mass is 242 g/mol. The number of carbonyl (C=O) groups excluding carboxylic acids is 1. The summed E-state index contributed by atoms with van der Waals surface area (Å²) in [6.45, 7) is 6.70. The van der Waals surface area contributed by atoms with Crippen molar-refractivity contribution in [3.8, 4) is 0 Å². The molecule has 1 fully saturated rings. The lowest BCUT2D eigenvalue weighted by Crippen LogP contribution is -2.48. The molecule has 6 heteroatoms. The molecule has 2 amide bonds. The van der Waals surface area contributed by atoms with Gasteiger partial charge in [0.25, 0.3) is 0 Å². The van der Waals surface area contributed by atoms with E-state index in [1.165, 1.54) is 0 Å². The van der Waals surface area contributed by atoms with Gasteiger partial charge >= 0.3 is 12.0 Å². The van der Waals surface area contributed by atoms with Crippen LogP contribution in [-0.4, -0.2) is 42.4 Å². The molecule has 96 valence electrons. The number of amides is 2. The van der Waals surface area contributed by atoms with Crippen molar-refractivity contribution in [3.63, 3.8) is 0 Å². The second-order valence-electron chi connectivity index (χ2n) is 4.28. The molecular formula is C11H18N2O4. The fourth-order valence-electron chi connectivity index (χ4n) is 1.26. The Labute approximate surface area is 100 Å². The minimum absolute atomic E-state index is 0.342. The Hall–Kier alpha value is -1.56. The second-order valence-corrected chi connectivity index (χ2v) is 4.28. The zero-order valence-corrected chi connectivity index (χ0v) is 9.91. The molecule has 1 rings (SSSR count). The van der Waals surface area contributed by atoms with Crippen LogP contribution in [0.2, 0.25) is 0 Å². The van der Waals surface area contributed by atoms with E-state index in [1.807, 2.05) is 6.92 Å². The predicted molar refractivity (Wildman–Crippen MR) is 61.8 cm³/mol. The van der Waals surface area contributed by atoms with Gasteiger partial charge in [0, 0.05) is 6.54 Å². The smallest absolute Gasteiger partial charge is 0.329 e. The Balaban J connectivity index is 2.10. The molecule has 1 saturated carbocycles. The van der Waals surface area contributed by atoms with Gasteiger partial charge in [0.05, 0.1) is 13.2 Å². The average molecular weight is 242 g/mol. The summed E-state index contributed by atoms with van der Waals surface area (Å²) in [6, 6.07) is -0.469. The van der Waals surface area contributed by atoms with Crippen molar-refractivity contribution in [3.05, 3.63) is 12.2 Å². The molecule has 3 N–H and O–H groups in total. The lowest BCUT2D eigenvalue weighted by Gasteiger charge is -2.13. The maximum absolute atomic E-state index is 11.3. The molecule has 0 radical (unpaired) electrons. The van der Waals surface area contributed by atoms with E-state index < -0.39 is 17.5 Å². The SMILES string of the molecule is C=C(C)COCCNC(=O)NC1(C(=O)O)CC1.